The molecule has 0 aliphatic carbocycles. The fourth-order valence-electron chi connectivity index (χ4n) is 6.19. The third-order valence-electron chi connectivity index (χ3n) is 8.87. The van der Waals surface area contributed by atoms with Crippen LogP contribution in [0.3, 0.4) is 0 Å². The number of dihydropyridines is 1. The zero-order chi connectivity index (χ0) is 34.5. The van der Waals surface area contributed by atoms with Gasteiger partial charge in [-0.05, 0) is 105 Å². The van der Waals surface area contributed by atoms with Crippen molar-refractivity contribution in [1.29, 1.82) is 0 Å². The zero-order valence-corrected chi connectivity index (χ0v) is 30.4. The lowest BCUT2D eigenvalue weighted by atomic mass is 9.87. The molecule has 2 atom stereocenters. The number of aliphatic imine (C=N–C) groups is 2. The first-order chi connectivity index (χ1) is 22.5. The maximum absolute atomic E-state index is 11.2. The third kappa shape index (κ3) is 10.8. The first kappa shape index (κ1) is 37.5. The van der Waals surface area contributed by atoms with Crippen LogP contribution in [-0.2, 0) is 0 Å². The van der Waals surface area contributed by atoms with Gasteiger partial charge in [-0.1, -0.05) is 102 Å². The van der Waals surface area contributed by atoms with Crippen molar-refractivity contribution in [1.82, 2.24) is 5.32 Å². The smallest absolute Gasteiger partial charge is 0.248 e. The van der Waals surface area contributed by atoms with E-state index < -0.39 is 5.91 Å². The standard InChI is InChI=1S/C20H29N.C19H21N3O.C3H8/c1-5-9-18(13-12-15(2)3)20-14-19(16(4)21-20)17-10-7-6-8-11-17;1-11-8-17-12(2)16(13(3)21-10-11)9-18(22-17)14-4-6-15(7-5-14)19(20)23;1-3-2/h6-8,10-11,15,18H,5,9,12-14H2,1-4H3;4-7,9-10,17,22H,8H2,1-3H3,(H2,20,23);3H2,1-2H3/b;11-10+,21-13?;. The number of allylic oxidation sites excluding steroid dienone is 4. The summed E-state index contributed by atoms with van der Waals surface area (Å²) in [5.74, 6) is 1.05. The van der Waals surface area contributed by atoms with Gasteiger partial charge in [-0.2, -0.15) is 0 Å². The molecule has 5 heteroatoms. The van der Waals surface area contributed by atoms with Crippen molar-refractivity contribution in [3.05, 3.63) is 106 Å². The van der Waals surface area contributed by atoms with Gasteiger partial charge in [0.15, 0.2) is 0 Å². The van der Waals surface area contributed by atoms with Crippen molar-refractivity contribution in [3.63, 3.8) is 0 Å². The molecule has 0 aromatic heterocycles. The minimum Gasteiger partial charge on any atom is -0.378 e. The number of carbonyl (C=O) groups is 1. The summed E-state index contributed by atoms with van der Waals surface area (Å²) in [7, 11) is 0. The minimum atomic E-state index is -0.408. The van der Waals surface area contributed by atoms with Gasteiger partial charge in [0, 0.05) is 41.0 Å². The Bertz CT molecular complexity index is 1530. The van der Waals surface area contributed by atoms with Crippen molar-refractivity contribution >= 4 is 28.6 Å². The summed E-state index contributed by atoms with van der Waals surface area (Å²) in [4.78, 5) is 20.7. The van der Waals surface area contributed by atoms with Crippen molar-refractivity contribution in [2.75, 3.05) is 0 Å². The molecule has 2 unspecified atom stereocenters. The summed E-state index contributed by atoms with van der Waals surface area (Å²) in [6.07, 6.45) is 12.5. The first-order valence-corrected chi connectivity index (χ1v) is 17.6. The summed E-state index contributed by atoms with van der Waals surface area (Å²) in [5.41, 5.74) is 18.1. The van der Waals surface area contributed by atoms with Gasteiger partial charge in [0.05, 0.1) is 6.04 Å². The largest absolute Gasteiger partial charge is 0.378 e. The predicted molar refractivity (Wildman–Crippen MR) is 204 cm³/mol. The van der Waals surface area contributed by atoms with Crippen LogP contribution in [0, 0.1) is 11.8 Å². The lowest BCUT2D eigenvalue weighted by molar-refractivity contribution is 0.1000. The van der Waals surface area contributed by atoms with E-state index >= 15 is 0 Å². The van der Waals surface area contributed by atoms with E-state index in [1.54, 1.807) is 12.1 Å². The molecule has 5 nitrogen and oxygen atoms in total. The van der Waals surface area contributed by atoms with E-state index in [1.807, 2.05) is 25.3 Å². The molecule has 252 valence electrons. The van der Waals surface area contributed by atoms with Crippen LogP contribution in [0.1, 0.15) is 129 Å². The fourth-order valence-corrected chi connectivity index (χ4v) is 6.19. The summed E-state index contributed by atoms with van der Waals surface area (Å²) >= 11 is 0. The summed E-state index contributed by atoms with van der Waals surface area (Å²) in [6.45, 7) is 19.7. The Labute approximate surface area is 285 Å². The highest BCUT2D eigenvalue weighted by Crippen LogP contribution is 2.34. The van der Waals surface area contributed by atoms with Crippen LogP contribution >= 0.6 is 0 Å². The van der Waals surface area contributed by atoms with E-state index in [-0.39, 0.29) is 6.04 Å². The Kier molecular flexibility index (Phi) is 14.6. The minimum absolute atomic E-state index is 0.266. The van der Waals surface area contributed by atoms with E-state index in [1.165, 1.54) is 71.4 Å². The zero-order valence-electron chi connectivity index (χ0n) is 30.4. The molecule has 0 spiro atoms. The number of hydrogen-bond acceptors (Lipinski definition) is 4. The third-order valence-corrected chi connectivity index (χ3v) is 8.87. The van der Waals surface area contributed by atoms with Gasteiger partial charge < -0.3 is 11.1 Å². The molecule has 0 saturated heterocycles. The number of hydrogen-bond donors (Lipinski definition) is 2. The highest BCUT2D eigenvalue weighted by Gasteiger charge is 2.25. The number of rotatable bonds is 9. The van der Waals surface area contributed by atoms with Crippen LogP contribution in [0.4, 0.5) is 0 Å². The number of nitrogens with zero attached hydrogens (tertiary/aromatic N) is 2. The maximum atomic E-state index is 11.2. The van der Waals surface area contributed by atoms with Crippen molar-refractivity contribution in [2.45, 2.75) is 113 Å². The molecule has 3 N–H and O–H groups in total. The molecule has 0 radical (unpaired) electrons. The topological polar surface area (TPSA) is 79.8 Å². The maximum Gasteiger partial charge on any atom is 0.248 e. The van der Waals surface area contributed by atoms with Gasteiger partial charge in [0.25, 0.3) is 0 Å². The fraction of sp³-hybridized carbons (Fsp3) is 0.452. The average Bonchev–Trinajstić information content (AvgIpc) is 3.45. The van der Waals surface area contributed by atoms with Gasteiger partial charge in [-0.15, -0.1) is 0 Å². The lowest BCUT2D eigenvalue weighted by Gasteiger charge is -2.30. The number of primary amides is 1. The molecule has 47 heavy (non-hydrogen) atoms. The van der Waals surface area contributed by atoms with Gasteiger partial charge >= 0.3 is 0 Å². The van der Waals surface area contributed by atoms with Gasteiger partial charge in [0.2, 0.25) is 5.91 Å². The normalized spacial score (nSPS) is 19.0. The van der Waals surface area contributed by atoms with E-state index in [0.717, 1.165) is 35.7 Å². The molecule has 2 bridgehead atoms. The van der Waals surface area contributed by atoms with E-state index in [4.69, 9.17) is 10.7 Å². The molecule has 2 aromatic rings. The van der Waals surface area contributed by atoms with Crippen LogP contribution in [0.2, 0.25) is 0 Å². The Morgan fingerprint density at radius 3 is 2.17 bits per heavy atom. The number of nitrogens with one attached hydrogen (secondary N) is 1. The van der Waals surface area contributed by atoms with Crippen molar-refractivity contribution < 1.29 is 4.79 Å². The number of amides is 1. The van der Waals surface area contributed by atoms with Gasteiger partial charge in [-0.25, -0.2) is 0 Å². The highest BCUT2D eigenvalue weighted by atomic mass is 16.1. The Hall–Kier alpha value is -3.99. The quantitative estimate of drug-likeness (QED) is 0.288. The molecular formula is C42H58N4O. The van der Waals surface area contributed by atoms with Gasteiger partial charge in [-0.3, -0.25) is 14.8 Å². The van der Waals surface area contributed by atoms with Gasteiger partial charge in [0.1, 0.15) is 0 Å². The molecule has 5 rings (SSSR count). The highest BCUT2D eigenvalue weighted by molar-refractivity contribution is 6.04. The molecule has 0 saturated carbocycles. The molecule has 1 amide bonds. The molecular weight excluding hydrogens is 576 g/mol. The second kappa shape index (κ2) is 18.4. The van der Waals surface area contributed by atoms with Crippen LogP contribution in [0.5, 0.6) is 0 Å². The Balaban J connectivity index is 0.000000237. The summed E-state index contributed by atoms with van der Waals surface area (Å²) in [6, 6.07) is 18.4. The Morgan fingerprint density at radius 2 is 1.57 bits per heavy atom. The van der Waals surface area contributed by atoms with Crippen molar-refractivity contribution in [2.24, 2.45) is 27.6 Å². The van der Waals surface area contributed by atoms with Crippen LogP contribution in [0.15, 0.2) is 99.3 Å². The molecule has 3 aliphatic heterocycles. The number of fused-ring (bicyclic) bond motifs is 1. The monoisotopic (exact) mass is 634 g/mol. The average molecular weight is 635 g/mol. The van der Waals surface area contributed by atoms with Crippen LogP contribution < -0.4 is 11.1 Å². The van der Waals surface area contributed by atoms with E-state index in [9.17, 15) is 4.79 Å². The second-order valence-electron chi connectivity index (χ2n) is 13.6. The summed E-state index contributed by atoms with van der Waals surface area (Å²) < 4.78 is 0. The first-order valence-electron chi connectivity index (χ1n) is 17.6. The molecule has 3 heterocycles. The van der Waals surface area contributed by atoms with Crippen LogP contribution in [0.25, 0.3) is 11.3 Å². The summed E-state index contributed by atoms with van der Waals surface area (Å²) in [5, 5.41) is 3.61. The lowest BCUT2D eigenvalue weighted by Crippen LogP contribution is -2.34. The SMILES string of the molecule is CC1=N/C=C(\C)CC2NC(c3ccc(C(N)=O)cc3)=CC1=C2C.CCC.CCCC(CCC(C)C)C1=NC(C)=C(c2ccccc2)C1. The molecule has 2 aromatic carbocycles. The van der Waals surface area contributed by atoms with E-state index in [2.05, 4.69) is 102 Å². The number of nitrogens with two attached hydrogens (primary N) is 1. The number of benzene rings is 2. The number of carbonyl (C=O) groups excluding carboxylic acids is 1. The molecule has 0 fully saturated rings. The van der Waals surface area contributed by atoms with Crippen LogP contribution in [-0.4, -0.2) is 23.4 Å². The second-order valence-corrected chi connectivity index (χ2v) is 13.6. The van der Waals surface area contributed by atoms with E-state index in [0.29, 0.717) is 11.5 Å². The molecule has 3 aliphatic rings. The Morgan fingerprint density at radius 1 is 0.915 bits per heavy atom. The predicted octanol–water partition coefficient (Wildman–Crippen LogP) is 10.7. The van der Waals surface area contributed by atoms with Crippen molar-refractivity contribution in [3.8, 4) is 0 Å².